The summed E-state index contributed by atoms with van der Waals surface area (Å²) in [6, 6.07) is 0. The molecule has 0 amide bonds. The van der Waals surface area contributed by atoms with Crippen LogP contribution in [0.2, 0.25) is 0 Å². The second-order valence-electron chi connectivity index (χ2n) is 0. The Morgan fingerprint density at radius 2 is 0.421 bits per heavy atom. The Balaban J connectivity index is -0.00000000167. The van der Waals surface area contributed by atoms with Gasteiger partial charge in [-0.1, -0.05) is 0 Å². The average molecular weight is 409 g/mol. The molecular weight excluding hydrogens is 407 g/mol. The fourth-order valence-electron chi connectivity index (χ4n) is 0. The first kappa shape index (κ1) is 105. The molecule has 0 fully saturated rings. The molecule has 0 saturated heterocycles. The fourth-order valence-corrected chi connectivity index (χ4v) is 0. The number of rotatable bonds is 0. The van der Waals surface area contributed by atoms with E-state index in [0.29, 0.717) is 0 Å². The molecule has 0 saturated carbocycles. The van der Waals surface area contributed by atoms with Crippen LogP contribution in [0, 0.1) is 71.0 Å². The Morgan fingerprint density at radius 3 is 0.421 bits per heavy atom. The third-order valence-electron chi connectivity index (χ3n) is 0. The van der Waals surface area contributed by atoms with E-state index in [0.717, 1.165) is 0 Å². The van der Waals surface area contributed by atoms with Gasteiger partial charge >= 0.3 is 252 Å². The van der Waals surface area contributed by atoms with Gasteiger partial charge in [0.1, 0.15) is 0 Å². The largest absolute Gasteiger partial charge is 3.00 e. The zero-order chi connectivity index (χ0) is 12.0. The molecule has 0 atom stereocenters. The van der Waals surface area contributed by atoms with E-state index in [4.69, 9.17) is 71.0 Å². The van der Waals surface area contributed by atoms with Crippen LogP contribution >= 0.6 is 0 Å². The third kappa shape index (κ3) is 409. The average Bonchev–Trinajstić information content (AvgIpc) is 2.33. The molecule has 0 heterocycles. The standard InChI is InChI=1S/6CN.Fe.4K.Na.H2O.H/c6*1-2;;;;;;;;/h;;;;;;;;;;;;1H2;/q6*-1;+3;5*+1;;-1/p-1. The van der Waals surface area contributed by atoms with Crippen molar-refractivity contribution in [1.29, 1.82) is 31.6 Å². The zero-order valence-corrected chi connectivity index (χ0v) is 27.1. The molecule has 0 aliphatic carbocycles. The van der Waals surface area contributed by atoms with Gasteiger partial charge in [-0.2, -0.15) is 0 Å². The number of hydrogen-bond acceptors (Lipinski definition) is 7. The second kappa shape index (κ2) is 449. The van der Waals surface area contributed by atoms with E-state index in [1.54, 1.807) is 0 Å². The van der Waals surface area contributed by atoms with Crippen molar-refractivity contribution in [1.82, 2.24) is 0 Å². The summed E-state index contributed by atoms with van der Waals surface area (Å²) in [6.07, 6.45) is 0. The van der Waals surface area contributed by atoms with Gasteiger partial charge in [0.2, 0.25) is 0 Å². The maximum absolute atomic E-state index is 6.25. The summed E-state index contributed by atoms with van der Waals surface area (Å²) in [7, 11) is 0. The van der Waals surface area contributed by atoms with Crippen LogP contribution in [-0.4, -0.2) is 5.48 Å². The Hall–Kier alpha value is 4.96. The van der Waals surface area contributed by atoms with Crippen LogP contribution in [0.25, 0.3) is 0 Å². The molecule has 1 N–H and O–H groups in total. The molecule has 7 nitrogen and oxygen atoms in total. The molecule has 1 radical (unpaired) electrons. The summed E-state index contributed by atoms with van der Waals surface area (Å²) in [5.41, 5.74) is 0. The quantitative estimate of drug-likeness (QED) is 0.282. The van der Waals surface area contributed by atoms with Gasteiger partial charge in [0, 0.05) is 0 Å². The van der Waals surface area contributed by atoms with Gasteiger partial charge in [-0.15, -0.1) is 0 Å². The summed E-state index contributed by atoms with van der Waals surface area (Å²) in [5.74, 6) is 0. The topological polar surface area (TPSA) is 173 Å². The molecule has 0 spiro atoms. The fraction of sp³-hybridized carbons (Fsp3) is 0. The summed E-state index contributed by atoms with van der Waals surface area (Å²) >= 11 is 0. The first-order chi connectivity index (χ1) is 6.00. The second-order valence-corrected chi connectivity index (χ2v) is 0. The van der Waals surface area contributed by atoms with Crippen molar-refractivity contribution >= 4 is 0 Å². The van der Waals surface area contributed by atoms with Crippen LogP contribution in [0.1, 0.15) is 1.43 Å². The Labute approximate surface area is 320 Å². The predicted molar refractivity (Wildman–Crippen MR) is 32.9 cm³/mol. The Kier molecular flexibility index (Phi) is 2490. The molecule has 0 rings (SSSR count). The van der Waals surface area contributed by atoms with Gasteiger partial charge < -0.3 is 77.9 Å². The van der Waals surface area contributed by atoms with Gasteiger partial charge in [0.25, 0.3) is 0 Å². The van der Waals surface area contributed by atoms with Crippen LogP contribution in [0.15, 0.2) is 0 Å². The molecule has 0 aliphatic heterocycles. The van der Waals surface area contributed by atoms with Gasteiger partial charge in [-0.05, 0) is 0 Å². The summed E-state index contributed by atoms with van der Waals surface area (Å²) < 4.78 is 0. The maximum atomic E-state index is 6.25. The minimum absolute atomic E-state index is 0. The first-order valence-corrected chi connectivity index (χ1v) is 1.34. The number of hydrogen-bond donors (Lipinski definition) is 0. The molecule has 0 aromatic rings. The van der Waals surface area contributed by atoms with Crippen LogP contribution in [0.5, 0.6) is 0 Å². The number of nitrogens with zero attached hydrogens (tertiary/aromatic N) is 6. The Bertz CT molecular complexity index is 122. The molecule has 0 unspecified atom stereocenters. The van der Waals surface area contributed by atoms with Crippen molar-refractivity contribution in [2.75, 3.05) is 0 Å². The molecule has 75 valence electrons. The summed E-state index contributed by atoms with van der Waals surface area (Å²) in [5, 5.41) is 37.5. The molecule has 13 heteroatoms. The molecule has 0 bridgehead atoms. The molecule has 0 aromatic carbocycles. The monoisotopic (exact) mass is 409 g/mol. The van der Waals surface area contributed by atoms with Crippen molar-refractivity contribution in [3.05, 3.63) is 39.4 Å². The normalized spacial score (nSPS) is 0.632. The summed E-state index contributed by atoms with van der Waals surface area (Å²) in [6.45, 7) is 28.5. The SMILES string of the molecule is [C-]#N.[C-]#N.[C-]#N.[C-]#N.[C-]#N.[C-]#N.[Fe+3].[H-].[K+].[K+].[K+].[K+].[Na+].[OH-]. The van der Waals surface area contributed by atoms with Gasteiger partial charge in [0.05, 0.1) is 0 Å². The van der Waals surface area contributed by atoms with Crippen LogP contribution < -0.4 is 235 Å². The summed E-state index contributed by atoms with van der Waals surface area (Å²) in [4.78, 5) is 0. The smallest absolute Gasteiger partial charge is 1.00 e. The zero-order valence-electron chi connectivity index (χ0n) is 12.5. The van der Waals surface area contributed by atoms with E-state index in [1.807, 2.05) is 0 Å². The molecular formula is C6H2FeK4N6NaO. The van der Waals surface area contributed by atoms with E-state index in [1.165, 1.54) is 0 Å². The van der Waals surface area contributed by atoms with Crippen LogP contribution in [-0.2, 0) is 17.1 Å². The minimum Gasteiger partial charge on any atom is -1.00 e. The van der Waals surface area contributed by atoms with Crippen molar-refractivity contribution in [3.8, 4) is 0 Å². The Morgan fingerprint density at radius 1 is 0.421 bits per heavy atom. The minimum atomic E-state index is 0. The van der Waals surface area contributed by atoms with E-state index in [-0.39, 0.29) is 259 Å². The van der Waals surface area contributed by atoms with Crippen LogP contribution in [0.4, 0.5) is 0 Å². The molecule has 0 aliphatic rings. The van der Waals surface area contributed by atoms with E-state index < -0.39 is 0 Å². The van der Waals surface area contributed by atoms with E-state index in [2.05, 4.69) is 0 Å². The van der Waals surface area contributed by atoms with Crippen molar-refractivity contribution in [2.45, 2.75) is 0 Å². The van der Waals surface area contributed by atoms with Crippen molar-refractivity contribution in [2.24, 2.45) is 0 Å². The van der Waals surface area contributed by atoms with Crippen molar-refractivity contribution in [3.63, 3.8) is 0 Å². The van der Waals surface area contributed by atoms with Gasteiger partial charge in [-0.25, -0.2) is 0 Å². The van der Waals surface area contributed by atoms with Gasteiger partial charge in [-0.3, -0.25) is 0 Å². The van der Waals surface area contributed by atoms with E-state index >= 15 is 0 Å². The maximum Gasteiger partial charge on any atom is 3.00 e. The van der Waals surface area contributed by atoms with Gasteiger partial charge in [0.15, 0.2) is 0 Å². The van der Waals surface area contributed by atoms with Crippen molar-refractivity contribution < 1.29 is 259 Å². The molecule has 0 aromatic heterocycles. The predicted octanol–water partition coefficient (Wildman–Crippen LogP) is -14.5. The third-order valence-corrected chi connectivity index (χ3v) is 0. The van der Waals surface area contributed by atoms with Crippen LogP contribution in [0.3, 0.4) is 0 Å². The first-order valence-electron chi connectivity index (χ1n) is 1.34. The van der Waals surface area contributed by atoms with E-state index in [9.17, 15) is 0 Å². The molecule has 19 heavy (non-hydrogen) atoms.